The summed E-state index contributed by atoms with van der Waals surface area (Å²) in [5, 5.41) is 12.4. The van der Waals surface area contributed by atoms with E-state index < -0.39 is 17.9 Å². The van der Waals surface area contributed by atoms with Crippen molar-refractivity contribution in [2.45, 2.75) is 18.6 Å². The Morgan fingerprint density at radius 1 is 1.00 bits per heavy atom. The molecule has 0 saturated heterocycles. The number of ether oxygens (including phenoxy) is 1. The summed E-state index contributed by atoms with van der Waals surface area (Å²) < 4.78 is 5.11. The topological polar surface area (TPSA) is 66.8 Å². The molecule has 0 fully saturated rings. The highest BCUT2D eigenvalue weighted by atomic mass is 35.5. The van der Waals surface area contributed by atoms with Crippen LogP contribution < -0.4 is 9.64 Å². The number of amides is 1. The number of fused-ring (bicyclic) bond motifs is 1. The van der Waals surface area contributed by atoms with Gasteiger partial charge in [0.25, 0.3) is 5.91 Å². The van der Waals surface area contributed by atoms with E-state index in [-0.39, 0.29) is 12.3 Å². The van der Waals surface area contributed by atoms with Gasteiger partial charge in [-0.3, -0.25) is 9.59 Å². The molecular weight excluding hydrogens is 437 g/mol. The molecule has 0 aromatic heterocycles. The molecule has 0 aliphatic carbocycles. The summed E-state index contributed by atoms with van der Waals surface area (Å²) in [4.78, 5) is 27.8. The first-order valence-corrected chi connectivity index (χ1v) is 10.3. The maximum absolute atomic E-state index is 13.4. The highest BCUT2D eigenvalue weighted by Crippen LogP contribution is 2.44. The second-order valence-corrected chi connectivity index (χ2v) is 8.24. The Labute approximate surface area is 189 Å². The van der Waals surface area contributed by atoms with Crippen LogP contribution in [0.25, 0.3) is 0 Å². The van der Waals surface area contributed by atoms with Crippen molar-refractivity contribution in [3.8, 4) is 5.75 Å². The summed E-state index contributed by atoms with van der Waals surface area (Å²) in [6.45, 7) is 0.226. The van der Waals surface area contributed by atoms with Crippen molar-refractivity contribution in [2.24, 2.45) is 0 Å². The van der Waals surface area contributed by atoms with Crippen LogP contribution in [0.1, 0.15) is 27.9 Å². The summed E-state index contributed by atoms with van der Waals surface area (Å²) in [5.74, 6) is -0.321. The number of aliphatic hydroxyl groups is 1. The molecule has 0 radical (unpaired) electrons. The van der Waals surface area contributed by atoms with E-state index in [0.29, 0.717) is 32.6 Å². The molecule has 0 bridgehead atoms. The number of hydrogen-bond acceptors (Lipinski definition) is 4. The van der Waals surface area contributed by atoms with E-state index in [1.165, 1.54) is 18.1 Å². The minimum atomic E-state index is -2.01. The normalized spacial score (nSPS) is 17.5. The standard InChI is InChI=1S/C24H19Cl2NO4/c1-31-19-9-4-16(5-10-19)22(28)13-24(30)20-12-18(26)8-11-21(20)27(23(24)29)14-15-2-6-17(25)7-3-15/h2-12,30H,13-14H2,1H3. The van der Waals surface area contributed by atoms with Crippen LogP contribution in [0.2, 0.25) is 10.0 Å². The quantitative estimate of drug-likeness (QED) is 0.530. The van der Waals surface area contributed by atoms with Gasteiger partial charge in [0, 0.05) is 21.2 Å². The lowest BCUT2D eigenvalue weighted by molar-refractivity contribution is -0.136. The molecule has 3 aromatic carbocycles. The number of halogens is 2. The molecule has 1 amide bonds. The summed E-state index contributed by atoms with van der Waals surface area (Å²) in [6.07, 6.45) is -0.400. The Hall–Kier alpha value is -2.86. The van der Waals surface area contributed by atoms with Gasteiger partial charge in [-0.15, -0.1) is 0 Å². The number of methoxy groups -OCH3 is 1. The number of benzene rings is 3. The Kier molecular flexibility index (Phi) is 5.75. The van der Waals surface area contributed by atoms with Gasteiger partial charge >= 0.3 is 0 Å². The van der Waals surface area contributed by atoms with Crippen LogP contribution in [-0.4, -0.2) is 23.9 Å². The number of nitrogens with zero attached hydrogens (tertiary/aromatic N) is 1. The van der Waals surface area contributed by atoms with Gasteiger partial charge in [-0.2, -0.15) is 0 Å². The summed E-state index contributed by atoms with van der Waals surface area (Å²) >= 11 is 12.1. The summed E-state index contributed by atoms with van der Waals surface area (Å²) in [7, 11) is 1.53. The average molecular weight is 456 g/mol. The van der Waals surface area contributed by atoms with E-state index >= 15 is 0 Å². The number of Topliss-reactive ketones (excluding diaryl/α,β-unsaturated/α-hetero) is 1. The number of ketones is 1. The molecule has 1 heterocycles. The predicted octanol–water partition coefficient (Wildman–Crippen LogP) is 5.01. The van der Waals surface area contributed by atoms with Crippen LogP contribution in [0.5, 0.6) is 5.75 Å². The Bertz CT molecular complexity index is 1150. The molecule has 0 spiro atoms. The van der Waals surface area contributed by atoms with Crippen molar-refractivity contribution >= 4 is 40.6 Å². The fraction of sp³-hybridized carbons (Fsp3) is 0.167. The fourth-order valence-electron chi connectivity index (χ4n) is 3.73. The van der Waals surface area contributed by atoms with Crippen LogP contribution in [0.15, 0.2) is 66.7 Å². The molecule has 1 atom stereocenters. The molecule has 1 aliphatic heterocycles. The lowest BCUT2D eigenvalue weighted by Gasteiger charge is -2.23. The zero-order valence-corrected chi connectivity index (χ0v) is 18.2. The number of rotatable bonds is 6. The number of carbonyl (C=O) groups is 2. The third-order valence-corrected chi connectivity index (χ3v) is 5.86. The monoisotopic (exact) mass is 455 g/mol. The number of carbonyl (C=O) groups excluding carboxylic acids is 2. The van der Waals surface area contributed by atoms with E-state index in [4.69, 9.17) is 27.9 Å². The molecule has 0 saturated carbocycles. The van der Waals surface area contributed by atoms with Crippen molar-refractivity contribution < 1.29 is 19.4 Å². The third kappa shape index (κ3) is 4.04. The minimum absolute atomic E-state index is 0.226. The van der Waals surface area contributed by atoms with E-state index in [1.807, 2.05) is 12.1 Å². The van der Waals surface area contributed by atoms with Crippen LogP contribution >= 0.6 is 23.2 Å². The first-order valence-electron chi connectivity index (χ1n) is 9.58. The Morgan fingerprint density at radius 2 is 1.65 bits per heavy atom. The van der Waals surface area contributed by atoms with Crippen molar-refractivity contribution in [1.82, 2.24) is 0 Å². The molecular formula is C24H19Cl2NO4. The molecule has 3 aromatic rings. The molecule has 1 aliphatic rings. The smallest absolute Gasteiger partial charge is 0.264 e. The molecule has 31 heavy (non-hydrogen) atoms. The SMILES string of the molecule is COc1ccc(C(=O)CC2(O)C(=O)N(Cc3ccc(Cl)cc3)c3ccc(Cl)cc32)cc1. The van der Waals surface area contributed by atoms with E-state index in [1.54, 1.807) is 48.5 Å². The molecule has 1 unspecified atom stereocenters. The third-order valence-electron chi connectivity index (χ3n) is 5.38. The first-order chi connectivity index (χ1) is 14.8. The molecule has 1 N–H and O–H groups in total. The molecule has 7 heteroatoms. The van der Waals surface area contributed by atoms with Crippen LogP contribution in [0.4, 0.5) is 5.69 Å². The van der Waals surface area contributed by atoms with Gasteiger partial charge in [0.05, 0.1) is 25.8 Å². The Balaban J connectivity index is 1.67. The van der Waals surface area contributed by atoms with Gasteiger partial charge in [0.1, 0.15) is 5.75 Å². The second-order valence-electron chi connectivity index (χ2n) is 7.37. The minimum Gasteiger partial charge on any atom is -0.497 e. The summed E-state index contributed by atoms with van der Waals surface area (Å²) in [6, 6.07) is 18.5. The van der Waals surface area contributed by atoms with Gasteiger partial charge < -0.3 is 14.7 Å². The predicted molar refractivity (Wildman–Crippen MR) is 120 cm³/mol. The molecule has 158 valence electrons. The van der Waals surface area contributed by atoms with Gasteiger partial charge in [-0.1, -0.05) is 35.3 Å². The zero-order chi connectivity index (χ0) is 22.2. The summed E-state index contributed by atoms with van der Waals surface area (Å²) in [5.41, 5.74) is 0.0465. The van der Waals surface area contributed by atoms with Crippen molar-refractivity contribution in [2.75, 3.05) is 12.0 Å². The van der Waals surface area contributed by atoms with E-state index in [2.05, 4.69) is 0 Å². The van der Waals surface area contributed by atoms with E-state index in [9.17, 15) is 14.7 Å². The van der Waals surface area contributed by atoms with Crippen molar-refractivity contribution in [3.05, 3.63) is 93.5 Å². The van der Waals surface area contributed by atoms with E-state index in [0.717, 1.165) is 5.56 Å². The fourth-order valence-corrected chi connectivity index (χ4v) is 4.03. The van der Waals surface area contributed by atoms with Gasteiger partial charge in [0.15, 0.2) is 11.4 Å². The largest absolute Gasteiger partial charge is 0.497 e. The number of anilines is 1. The lowest BCUT2D eigenvalue weighted by Crippen LogP contribution is -2.41. The van der Waals surface area contributed by atoms with Gasteiger partial charge in [-0.05, 0) is 60.2 Å². The maximum atomic E-state index is 13.4. The van der Waals surface area contributed by atoms with Gasteiger partial charge in [0.2, 0.25) is 0 Å². The maximum Gasteiger partial charge on any atom is 0.264 e. The average Bonchev–Trinajstić information content (AvgIpc) is 2.96. The van der Waals surface area contributed by atoms with Crippen molar-refractivity contribution in [1.29, 1.82) is 0 Å². The van der Waals surface area contributed by atoms with Crippen LogP contribution in [0.3, 0.4) is 0 Å². The molecule has 4 rings (SSSR count). The van der Waals surface area contributed by atoms with Gasteiger partial charge in [-0.25, -0.2) is 0 Å². The highest BCUT2D eigenvalue weighted by Gasteiger charge is 2.51. The van der Waals surface area contributed by atoms with Crippen molar-refractivity contribution in [3.63, 3.8) is 0 Å². The highest BCUT2D eigenvalue weighted by molar-refractivity contribution is 6.31. The van der Waals surface area contributed by atoms with Crippen LogP contribution in [-0.2, 0) is 16.9 Å². The van der Waals surface area contributed by atoms with Crippen LogP contribution in [0, 0.1) is 0 Å². The molecule has 5 nitrogen and oxygen atoms in total. The first kappa shape index (κ1) is 21.4. The zero-order valence-electron chi connectivity index (χ0n) is 16.6. The number of hydrogen-bond donors (Lipinski definition) is 1. The second kappa shape index (κ2) is 8.35. The Morgan fingerprint density at radius 3 is 2.29 bits per heavy atom. The lowest BCUT2D eigenvalue weighted by atomic mass is 9.88.